The van der Waals surface area contributed by atoms with Gasteiger partial charge in [-0.25, -0.2) is 0 Å². The van der Waals surface area contributed by atoms with Crippen LogP contribution in [0.25, 0.3) is 0 Å². The van der Waals surface area contributed by atoms with Crippen LogP contribution < -0.4 is 5.32 Å². The molecule has 72 valence electrons. The van der Waals surface area contributed by atoms with Crippen molar-refractivity contribution in [3.63, 3.8) is 0 Å². The second kappa shape index (κ2) is 4.80. The smallest absolute Gasteiger partial charge is 0.0895 e. The number of hydrogen-bond acceptors (Lipinski definition) is 3. The van der Waals surface area contributed by atoms with E-state index in [1.54, 1.807) is 0 Å². The molecule has 0 aromatic heterocycles. The van der Waals surface area contributed by atoms with Crippen LogP contribution in [0.5, 0.6) is 0 Å². The Morgan fingerprint density at radius 2 is 2.25 bits per heavy atom. The lowest BCUT2D eigenvalue weighted by molar-refractivity contribution is 0.0907. The maximum absolute atomic E-state index is 9.09. The Bertz CT molecular complexity index is 130. The molecule has 0 heterocycles. The minimum Gasteiger partial charge on any atom is -0.394 e. The fraction of sp³-hybridized carbons (Fsp3) is 1.00. The average molecular weight is 173 g/mol. The first kappa shape index (κ1) is 9.96. The molecule has 1 saturated carbocycles. The monoisotopic (exact) mass is 173 g/mol. The number of aliphatic hydroxyl groups is 2. The van der Waals surface area contributed by atoms with Gasteiger partial charge in [0.15, 0.2) is 0 Å². The molecule has 0 bridgehead atoms. The molecule has 3 N–H and O–H groups in total. The minimum absolute atomic E-state index is 0.145. The highest BCUT2D eigenvalue weighted by atomic mass is 16.3. The van der Waals surface area contributed by atoms with Gasteiger partial charge in [-0.15, -0.1) is 0 Å². The van der Waals surface area contributed by atoms with Gasteiger partial charge in [0.25, 0.3) is 0 Å². The predicted octanol–water partition coefficient (Wildman–Crippen LogP) is 0.118. The Morgan fingerprint density at radius 3 is 2.75 bits per heavy atom. The summed E-state index contributed by atoms with van der Waals surface area (Å²) in [5.74, 6) is 0.718. The molecule has 1 aliphatic rings. The summed E-state index contributed by atoms with van der Waals surface area (Å²) in [6.07, 6.45) is 3.18. The fourth-order valence-electron chi connectivity index (χ4n) is 1.80. The second-order valence-electron chi connectivity index (χ2n) is 3.76. The normalized spacial score (nSPS) is 32.2. The van der Waals surface area contributed by atoms with E-state index in [-0.39, 0.29) is 6.61 Å². The molecule has 1 aliphatic carbocycles. The molecule has 0 aromatic rings. The third-order valence-corrected chi connectivity index (χ3v) is 2.69. The first-order valence-corrected chi connectivity index (χ1v) is 4.76. The third kappa shape index (κ3) is 2.73. The van der Waals surface area contributed by atoms with Crippen LogP contribution in [0.4, 0.5) is 0 Å². The van der Waals surface area contributed by atoms with E-state index in [0.717, 1.165) is 5.92 Å². The molecule has 3 heteroatoms. The number of nitrogens with one attached hydrogen (secondary N) is 1. The van der Waals surface area contributed by atoms with Gasteiger partial charge >= 0.3 is 0 Å². The van der Waals surface area contributed by atoms with E-state index in [1.807, 2.05) is 0 Å². The fourth-order valence-corrected chi connectivity index (χ4v) is 1.80. The summed E-state index contributed by atoms with van der Waals surface area (Å²) in [5, 5.41) is 20.9. The van der Waals surface area contributed by atoms with E-state index in [2.05, 4.69) is 12.2 Å². The van der Waals surface area contributed by atoms with Crippen LogP contribution in [0.1, 0.15) is 26.2 Å². The summed E-state index contributed by atoms with van der Waals surface area (Å²) in [6, 6.07) is 0.547. The van der Waals surface area contributed by atoms with Gasteiger partial charge in [0.1, 0.15) is 0 Å². The van der Waals surface area contributed by atoms with Crippen molar-refractivity contribution in [2.45, 2.75) is 38.3 Å². The lowest BCUT2D eigenvalue weighted by Crippen LogP contribution is -2.38. The number of hydrogen-bond donors (Lipinski definition) is 3. The van der Waals surface area contributed by atoms with Crippen molar-refractivity contribution in [1.29, 1.82) is 0 Å². The maximum atomic E-state index is 9.09. The summed E-state index contributed by atoms with van der Waals surface area (Å²) in [6.45, 7) is 2.61. The average Bonchev–Trinajstić information content (AvgIpc) is 2.47. The molecule has 0 aliphatic heterocycles. The van der Waals surface area contributed by atoms with Gasteiger partial charge in [-0.2, -0.15) is 0 Å². The second-order valence-corrected chi connectivity index (χ2v) is 3.76. The van der Waals surface area contributed by atoms with Crippen LogP contribution in [-0.2, 0) is 0 Å². The molecule has 12 heavy (non-hydrogen) atoms. The van der Waals surface area contributed by atoms with Crippen molar-refractivity contribution in [3.05, 3.63) is 0 Å². The highest BCUT2D eigenvalue weighted by Crippen LogP contribution is 2.24. The van der Waals surface area contributed by atoms with Gasteiger partial charge < -0.3 is 15.5 Å². The quantitative estimate of drug-likeness (QED) is 0.566. The zero-order valence-electron chi connectivity index (χ0n) is 7.66. The molecule has 3 atom stereocenters. The van der Waals surface area contributed by atoms with Crippen LogP contribution in [-0.4, -0.2) is 35.5 Å². The van der Waals surface area contributed by atoms with Crippen molar-refractivity contribution < 1.29 is 10.2 Å². The molecular weight excluding hydrogens is 154 g/mol. The molecular formula is C9H19NO2. The van der Waals surface area contributed by atoms with E-state index in [1.165, 1.54) is 19.3 Å². The first-order chi connectivity index (χ1) is 5.74. The van der Waals surface area contributed by atoms with Gasteiger partial charge in [-0.1, -0.05) is 13.3 Å². The molecule has 3 nitrogen and oxygen atoms in total. The molecule has 0 aromatic carbocycles. The zero-order chi connectivity index (χ0) is 8.97. The van der Waals surface area contributed by atoms with Crippen molar-refractivity contribution >= 4 is 0 Å². The third-order valence-electron chi connectivity index (χ3n) is 2.69. The zero-order valence-corrected chi connectivity index (χ0v) is 7.66. The number of aliphatic hydroxyl groups excluding tert-OH is 2. The van der Waals surface area contributed by atoms with Crippen molar-refractivity contribution in [1.82, 2.24) is 5.32 Å². The number of rotatable bonds is 4. The molecule has 0 radical (unpaired) electrons. The Morgan fingerprint density at radius 1 is 1.50 bits per heavy atom. The maximum Gasteiger partial charge on any atom is 0.0895 e. The van der Waals surface area contributed by atoms with Crippen molar-refractivity contribution in [2.24, 2.45) is 5.92 Å². The predicted molar refractivity (Wildman–Crippen MR) is 47.9 cm³/mol. The summed E-state index contributed by atoms with van der Waals surface area (Å²) in [4.78, 5) is 0. The molecule has 1 rings (SSSR count). The van der Waals surface area contributed by atoms with E-state index >= 15 is 0 Å². The molecule has 3 unspecified atom stereocenters. The Labute approximate surface area is 73.8 Å². The standard InChI is InChI=1S/C9H19NO2/c1-7-3-2-4-9(7)10-5-8(12)6-11/h7-12H,2-6H2,1H3. The van der Waals surface area contributed by atoms with Crippen molar-refractivity contribution in [2.75, 3.05) is 13.2 Å². The van der Waals surface area contributed by atoms with Crippen LogP contribution >= 0.6 is 0 Å². The minimum atomic E-state index is -0.599. The lowest BCUT2D eigenvalue weighted by Gasteiger charge is -2.18. The molecule has 0 spiro atoms. The van der Waals surface area contributed by atoms with Gasteiger partial charge in [0, 0.05) is 12.6 Å². The van der Waals surface area contributed by atoms with Gasteiger partial charge in [-0.3, -0.25) is 0 Å². The summed E-state index contributed by atoms with van der Waals surface area (Å²) < 4.78 is 0. The van der Waals surface area contributed by atoms with Crippen LogP contribution in [0.2, 0.25) is 0 Å². The van der Waals surface area contributed by atoms with Crippen LogP contribution in [0.3, 0.4) is 0 Å². The Balaban J connectivity index is 2.13. The summed E-state index contributed by atoms with van der Waals surface area (Å²) in [7, 11) is 0. The van der Waals surface area contributed by atoms with E-state index in [9.17, 15) is 0 Å². The topological polar surface area (TPSA) is 52.5 Å². The van der Waals surface area contributed by atoms with E-state index in [4.69, 9.17) is 10.2 Å². The Kier molecular flexibility index (Phi) is 3.98. The van der Waals surface area contributed by atoms with Crippen LogP contribution in [0, 0.1) is 5.92 Å². The first-order valence-electron chi connectivity index (χ1n) is 4.76. The SMILES string of the molecule is CC1CCCC1NCC(O)CO. The van der Waals surface area contributed by atoms with Gasteiger partial charge in [0.2, 0.25) is 0 Å². The van der Waals surface area contributed by atoms with E-state index < -0.39 is 6.10 Å². The summed E-state index contributed by atoms with van der Waals surface area (Å²) in [5.41, 5.74) is 0. The largest absolute Gasteiger partial charge is 0.394 e. The highest BCUT2D eigenvalue weighted by Gasteiger charge is 2.22. The van der Waals surface area contributed by atoms with Crippen LogP contribution in [0.15, 0.2) is 0 Å². The molecule has 0 saturated heterocycles. The van der Waals surface area contributed by atoms with E-state index in [0.29, 0.717) is 12.6 Å². The molecule has 0 amide bonds. The van der Waals surface area contributed by atoms with Gasteiger partial charge in [-0.05, 0) is 18.8 Å². The van der Waals surface area contributed by atoms with Gasteiger partial charge in [0.05, 0.1) is 12.7 Å². The van der Waals surface area contributed by atoms with Crippen molar-refractivity contribution in [3.8, 4) is 0 Å². The summed E-state index contributed by atoms with van der Waals surface area (Å²) >= 11 is 0. The lowest BCUT2D eigenvalue weighted by atomic mass is 10.1. The Hall–Kier alpha value is -0.120. The highest BCUT2D eigenvalue weighted by molar-refractivity contribution is 4.80. The molecule has 1 fully saturated rings.